The Morgan fingerprint density at radius 1 is 1.00 bits per heavy atom. The van der Waals surface area contributed by atoms with Crippen molar-refractivity contribution in [2.75, 3.05) is 0 Å². The molecule has 0 amide bonds. The normalized spacial score (nSPS) is 25.3. The molecule has 2 aromatic carbocycles. The molecular weight excluding hydrogens is 456 g/mol. The molecule has 5 rings (SSSR count). The third-order valence-electron chi connectivity index (χ3n) is 6.55. The highest BCUT2D eigenvalue weighted by molar-refractivity contribution is 5.90. The summed E-state index contributed by atoms with van der Waals surface area (Å²) in [5.74, 6) is -0.154. The van der Waals surface area contributed by atoms with E-state index in [9.17, 15) is 14.7 Å². The number of ether oxygens (including phenoxy) is 4. The summed E-state index contributed by atoms with van der Waals surface area (Å²) in [6.45, 7) is 7.36. The highest BCUT2D eigenvalue weighted by Crippen LogP contribution is 2.42. The Balaban J connectivity index is 1.49. The number of hydrogen-bond acceptors (Lipinski definition) is 10. The third-order valence-corrected chi connectivity index (χ3v) is 6.55. The Kier molecular flexibility index (Phi) is 5.47. The van der Waals surface area contributed by atoms with E-state index in [4.69, 9.17) is 23.4 Å². The van der Waals surface area contributed by atoms with Gasteiger partial charge in [0.25, 0.3) is 0 Å². The molecule has 10 heteroatoms. The predicted octanol–water partition coefficient (Wildman–Crippen LogP) is 5.28. The van der Waals surface area contributed by atoms with Gasteiger partial charge >= 0.3 is 11.8 Å². The number of nitrogens with zero attached hydrogens (tertiary/aromatic N) is 2. The maximum absolute atomic E-state index is 12.6. The van der Waals surface area contributed by atoms with E-state index in [1.54, 1.807) is 43.3 Å². The zero-order valence-electron chi connectivity index (χ0n) is 19.6. The summed E-state index contributed by atoms with van der Waals surface area (Å²) >= 11 is 0. The Morgan fingerprint density at radius 2 is 1.71 bits per heavy atom. The van der Waals surface area contributed by atoms with Crippen molar-refractivity contribution in [3.63, 3.8) is 0 Å². The molecule has 2 aliphatic rings. The summed E-state index contributed by atoms with van der Waals surface area (Å²) in [5, 5.41) is 18.9. The molecule has 2 fully saturated rings. The smallest absolute Gasteiger partial charge is 0.505 e. The van der Waals surface area contributed by atoms with Crippen molar-refractivity contribution >= 4 is 28.5 Å². The monoisotopic (exact) mass is 480 g/mol. The number of hydrogen-bond donors (Lipinski definition) is 1. The molecule has 2 saturated heterocycles. The van der Waals surface area contributed by atoms with Gasteiger partial charge in [-0.25, -0.2) is 9.59 Å². The highest BCUT2D eigenvalue weighted by atomic mass is 16.8. The summed E-state index contributed by atoms with van der Waals surface area (Å²) in [6.07, 6.45) is -3.02. The minimum absolute atomic E-state index is 0.128. The second-order valence-corrected chi connectivity index (χ2v) is 9.10. The van der Waals surface area contributed by atoms with Gasteiger partial charge in [-0.2, -0.15) is 5.11 Å². The first-order valence-electron chi connectivity index (χ1n) is 11.1. The molecule has 35 heavy (non-hydrogen) atoms. The summed E-state index contributed by atoms with van der Waals surface area (Å²) in [4.78, 5) is 24.4. The molecule has 3 heterocycles. The zero-order chi connectivity index (χ0) is 24.9. The van der Waals surface area contributed by atoms with Crippen molar-refractivity contribution in [2.24, 2.45) is 16.1 Å². The minimum Gasteiger partial charge on any atom is -0.505 e. The van der Waals surface area contributed by atoms with Crippen LogP contribution in [0.3, 0.4) is 0 Å². The van der Waals surface area contributed by atoms with Gasteiger partial charge in [-0.1, -0.05) is 25.1 Å². The van der Waals surface area contributed by atoms with Crippen LogP contribution in [0.1, 0.15) is 26.3 Å². The number of fused-ring (bicyclic) bond motifs is 2. The standard InChI is InChI=1S/C25H24N2O8/c1-12-16(31-23-21-20(33-24(30)34-21)13(2)25(3,4)35-23)11-10-15-18(28)17(22(29)32-19(12)15)27-26-14-8-6-5-7-9-14/h5-11,13,20-21,23,28H,1-4H3/t13-,20+,21+,23?/m1/s1. The predicted molar refractivity (Wildman–Crippen MR) is 123 cm³/mol. The van der Waals surface area contributed by atoms with Gasteiger partial charge in [0.05, 0.1) is 16.7 Å². The van der Waals surface area contributed by atoms with Crippen molar-refractivity contribution < 1.29 is 33.3 Å². The number of aromatic hydroxyl groups is 1. The van der Waals surface area contributed by atoms with E-state index in [0.717, 1.165) is 0 Å². The molecule has 182 valence electrons. The maximum atomic E-state index is 12.6. The van der Waals surface area contributed by atoms with Gasteiger partial charge in [-0.3, -0.25) is 0 Å². The van der Waals surface area contributed by atoms with Crippen LogP contribution in [0.4, 0.5) is 16.2 Å². The van der Waals surface area contributed by atoms with Gasteiger partial charge in [0.15, 0.2) is 11.9 Å². The van der Waals surface area contributed by atoms with Crippen LogP contribution in [-0.2, 0) is 14.2 Å². The zero-order valence-corrected chi connectivity index (χ0v) is 19.6. The molecule has 1 unspecified atom stereocenters. The molecule has 0 radical (unpaired) electrons. The Bertz CT molecular complexity index is 1380. The van der Waals surface area contributed by atoms with E-state index in [2.05, 4.69) is 10.2 Å². The lowest BCUT2D eigenvalue weighted by atomic mass is 9.82. The van der Waals surface area contributed by atoms with E-state index in [1.165, 1.54) is 0 Å². The van der Waals surface area contributed by atoms with E-state index in [1.807, 2.05) is 26.8 Å². The molecule has 10 nitrogen and oxygen atoms in total. The topological polar surface area (TPSA) is 129 Å². The average Bonchev–Trinajstić information content (AvgIpc) is 3.22. The van der Waals surface area contributed by atoms with Crippen LogP contribution in [0.25, 0.3) is 11.0 Å². The summed E-state index contributed by atoms with van der Waals surface area (Å²) in [6, 6.07) is 12.0. The lowest BCUT2D eigenvalue weighted by molar-refractivity contribution is -0.260. The number of azo groups is 1. The third kappa shape index (κ3) is 3.99. The molecule has 0 spiro atoms. The van der Waals surface area contributed by atoms with E-state index in [0.29, 0.717) is 17.0 Å². The lowest BCUT2D eigenvalue weighted by Crippen LogP contribution is -2.58. The molecule has 0 aliphatic carbocycles. The Hall–Kier alpha value is -3.92. The van der Waals surface area contributed by atoms with Crippen LogP contribution in [0.15, 0.2) is 61.9 Å². The second-order valence-electron chi connectivity index (χ2n) is 9.10. The van der Waals surface area contributed by atoms with Gasteiger partial charge in [0.2, 0.25) is 18.1 Å². The van der Waals surface area contributed by atoms with Crippen molar-refractivity contribution in [1.82, 2.24) is 0 Å². The number of benzene rings is 2. The highest BCUT2D eigenvalue weighted by Gasteiger charge is 2.56. The van der Waals surface area contributed by atoms with Crippen molar-refractivity contribution in [2.45, 2.75) is 51.8 Å². The van der Waals surface area contributed by atoms with Crippen LogP contribution in [-0.4, -0.2) is 35.4 Å². The second kappa shape index (κ2) is 8.38. The van der Waals surface area contributed by atoms with E-state index < -0.39 is 35.9 Å². The quantitative estimate of drug-likeness (QED) is 0.303. The lowest BCUT2D eigenvalue weighted by Gasteiger charge is -2.44. The first-order valence-corrected chi connectivity index (χ1v) is 11.1. The summed E-state index contributed by atoms with van der Waals surface area (Å²) in [5.41, 5.74) is -0.721. The SMILES string of the molecule is Cc1c(OC2OC(C)(C)[C@H](C)[C@@H]3OC(=O)O[C@H]23)ccc2c(O)c(N=Nc3ccccc3)c(=O)oc12. The molecule has 2 aliphatic heterocycles. The molecule has 0 bridgehead atoms. The fourth-order valence-electron chi connectivity index (χ4n) is 4.24. The van der Waals surface area contributed by atoms with Crippen molar-refractivity contribution in [3.8, 4) is 11.5 Å². The van der Waals surface area contributed by atoms with Crippen molar-refractivity contribution in [1.29, 1.82) is 0 Å². The Labute approximate surface area is 200 Å². The van der Waals surface area contributed by atoms with Gasteiger partial charge in [0.1, 0.15) is 11.3 Å². The van der Waals surface area contributed by atoms with Crippen LogP contribution in [0.5, 0.6) is 11.5 Å². The first-order chi connectivity index (χ1) is 16.7. The summed E-state index contributed by atoms with van der Waals surface area (Å²) in [7, 11) is 0. The van der Waals surface area contributed by atoms with Crippen LogP contribution in [0, 0.1) is 12.8 Å². The van der Waals surface area contributed by atoms with Gasteiger partial charge < -0.3 is 28.5 Å². The first kappa shape index (κ1) is 22.9. The van der Waals surface area contributed by atoms with Gasteiger partial charge in [0, 0.05) is 11.5 Å². The molecule has 4 atom stereocenters. The minimum atomic E-state index is -0.951. The molecule has 0 saturated carbocycles. The molecule has 1 aromatic heterocycles. The Morgan fingerprint density at radius 3 is 2.46 bits per heavy atom. The fraction of sp³-hybridized carbons (Fsp3) is 0.360. The van der Waals surface area contributed by atoms with Crippen LogP contribution < -0.4 is 10.4 Å². The van der Waals surface area contributed by atoms with Gasteiger partial charge in [-0.15, -0.1) is 5.11 Å². The van der Waals surface area contributed by atoms with Crippen LogP contribution >= 0.6 is 0 Å². The maximum Gasteiger partial charge on any atom is 0.509 e. The number of rotatable bonds is 4. The number of aryl methyl sites for hydroxylation is 1. The summed E-state index contributed by atoms with van der Waals surface area (Å²) < 4.78 is 28.3. The van der Waals surface area contributed by atoms with E-state index >= 15 is 0 Å². The molecule has 1 N–H and O–H groups in total. The largest absolute Gasteiger partial charge is 0.509 e. The number of carbonyl (C=O) groups excluding carboxylic acids is 1. The van der Waals surface area contributed by atoms with Crippen molar-refractivity contribution in [3.05, 3.63) is 58.4 Å². The average molecular weight is 480 g/mol. The fourth-order valence-corrected chi connectivity index (χ4v) is 4.24. The molecule has 3 aromatic rings. The van der Waals surface area contributed by atoms with Crippen LogP contribution in [0.2, 0.25) is 0 Å². The number of carbonyl (C=O) groups is 1. The molecular formula is C25H24N2O8. The van der Waals surface area contributed by atoms with E-state index in [-0.39, 0.29) is 28.3 Å². The van der Waals surface area contributed by atoms with Gasteiger partial charge in [-0.05, 0) is 45.0 Å².